The fraction of sp³-hybridized carbons (Fsp3) is 0.0476. The predicted molar refractivity (Wildman–Crippen MR) is 281 cm³/mol. The Hall–Kier alpha value is -7.98. The molecule has 2 aromatic heterocycles. The van der Waals surface area contributed by atoms with Gasteiger partial charge in [0.2, 0.25) is 0 Å². The van der Waals surface area contributed by atoms with E-state index in [-0.39, 0.29) is 5.41 Å². The molecule has 0 spiro atoms. The van der Waals surface area contributed by atoms with Gasteiger partial charge in [-0.05, 0) is 134 Å². The highest BCUT2D eigenvalue weighted by Gasteiger charge is 2.35. The van der Waals surface area contributed by atoms with Crippen LogP contribution >= 0.6 is 11.3 Å². The van der Waals surface area contributed by atoms with Crippen LogP contribution < -0.4 is 4.90 Å². The average molecular weight is 862 g/mol. The topological polar surface area (TPSA) is 16.4 Å². The van der Waals surface area contributed by atoms with Crippen LogP contribution in [-0.4, -0.2) is 0 Å². The highest BCUT2D eigenvalue weighted by Crippen LogP contribution is 2.50. The number of nitrogens with zero attached hydrogens (tertiary/aromatic N) is 1. The van der Waals surface area contributed by atoms with Crippen molar-refractivity contribution >= 4 is 70.5 Å². The van der Waals surface area contributed by atoms with E-state index in [2.05, 4.69) is 231 Å². The highest BCUT2D eigenvalue weighted by atomic mass is 32.1. The van der Waals surface area contributed by atoms with E-state index in [0.29, 0.717) is 0 Å². The van der Waals surface area contributed by atoms with Crippen LogP contribution in [0.3, 0.4) is 0 Å². The molecule has 0 bridgehead atoms. The average Bonchev–Trinajstić information content (AvgIpc) is 4.02. The van der Waals surface area contributed by atoms with Crippen molar-refractivity contribution in [3.63, 3.8) is 0 Å². The predicted octanol–water partition coefficient (Wildman–Crippen LogP) is 18.4. The number of anilines is 3. The first-order valence-corrected chi connectivity index (χ1v) is 23.5. The van der Waals surface area contributed by atoms with Crippen molar-refractivity contribution in [1.29, 1.82) is 0 Å². The molecule has 0 atom stereocenters. The minimum atomic E-state index is -0.0183. The van der Waals surface area contributed by atoms with Crippen molar-refractivity contribution < 1.29 is 4.42 Å². The molecular weight excluding hydrogens is 819 g/mol. The van der Waals surface area contributed by atoms with Crippen molar-refractivity contribution in [3.8, 4) is 55.6 Å². The van der Waals surface area contributed by atoms with Crippen LogP contribution in [0, 0.1) is 0 Å². The van der Waals surface area contributed by atoms with Crippen molar-refractivity contribution in [3.05, 3.63) is 236 Å². The Morgan fingerprint density at radius 2 is 0.909 bits per heavy atom. The zero-order chi connectivity index (χ0) is 43.9. The molecule has 312 valence electrons. The molecule has 0 N–H and O–H groups in total. The normalized spacial score (nSPS) is 12.8. The minimum Gasteiger partial charge on any atom is -0.455 e. The zero-order valence-electron chi connectivity index (χ0n) is 36.6. The lowest BCUT2D eigenvalue weighted by atomic mass is 9.82. The summed E-state index contributed by atoms with van der Waals surface area (Å²) in [6, 6.07) is 82.1. The van der Waals surface area contributed by atoms with E-state index in [9.17, 15) is 0 Å². The van der Waals surface area contributed by atoms with Crippen LogP contribution in [-0.2, 0) is 5.41 Å². The van der Waals surface area contributed by atoms with Gasteiger partial charge in [0.15, 0.2) is 0 Å². The number of rotatable bonds is 7. The molecule has 1 aliphatic carbocycles. The Bertz CT molecular complexity index is 3850. The second-order valence-corrected chi connectivity index (χ2v) is 19.2. The van der Waals surface area contributed by atoms with Crippen LogP contribution in [0.1, 0.15) is 25.0 Å². The second kappa shape index (κ2) is 15.1. The van der Waals surface area contributed by atoms with Gasteiger partial charge in [0, 0.05) is 59.0 Å². The molecule has 0 saturated heterocycles. The fourth-order valence-corrected chi connectivity index (χ4v) is 11.6. The molecular formula is C63H43NOS. The van der Waals surface area contributed by atoms with Crippen molar-refractivity contribution in [2.24, 2.45) is 0 Å². The van der Waals surface area contributed by atoms with Gasteiger partial charge in [0.25, 0.3) is 0 Å². The van der Waals surface area contributed by atoms with E-state index < -0.39 is 0 Å². The summed E-state index contributed by atoms with van der Waals surface area (Å²) in [5, 5.41) is 4.89. The van der Waals surface area contributed by atoms with E-state index in [1.165, 1.54) is 70.2 Å². The van der Waals surface area contributed by atoms with Gasteiger partial charge in [-0.1, -0.05) is 166 Å². The van der Waals surface area contributed by atoms with Gasteiger partial charge in [0.05, 0.1) is 0 Å². The molecule has 66 heavy (non-hydrogen) atoms. The van der Waals surface area contributed by atoms with Crippen LogP contribution in [0.5, 0.6) is 0 Å². The number of thiophene rings is 1. The lowest BCUT2D eigenvalue weighted by Gasteiger charge is -2.26. The number of hydrogen-bond donors (Lipinski definition) is 0. The smallest absolute Gasteiger partial charge is 0.143 e. The summed E-state index contributed by atoms with van der Waals surface area (Å²) in [7, 11) is 0. The quantitative estimate of drug-likeness (QED) is 0.159. The van der Waals surface area contributed by atoms with E-state index in [1.54, 1.807) is 0 Å². The molecule has 0 radical (unpaired) electrons. The van der Waals surface area contributed by atoms with Crippen LogP contribution in [0.4, 0.5) is 17.1 Å². The fourth-order valence-electron chi connectivity index (χ4n) is 10.5. The Kier molecular flexibility index (Phi) is 8.78. The number of para-hydroxylation sites is 2. The van der Waals surface area contributed by atoms with Gasteiger partial charge < -0.3 is 9.32 Å². The summed E-state index contributed by atoms with van der Waals surface area (Å²) >= 11 is 1.86. The molecule has 13 rings (SSSR count). The zero-order valence-corrected chi connectivity index (χ0v) is 37.4. The lowest BCUT2D eigenvalue weighted by molar-refractivity contribution is 0.660. The number of furan rings is 1. The molecule has 3 heteroatoms. The van der Waals surface area contributed by atoms with Crippen LogP contribution in [0.2, 0.25) is 0 Å². The molecule has 2 nitrogen and oxygen atoms in total. The summed E-state index contributed by atoms with van der Waals surface area (Å²) < 4.78 is 9.10. The summed E-state index contributed by atoms with van der Waals surface area (Å²) in [5.74, 6) is 0. The van der Waals surface area contributed by atoms with E-state index in [1.807, 2.05) is 23.5 Å². The van der Waals surface area contributed by atoms with E-state index >= 15 is 0 Å². The maximum atomic E-state index is 6.47. The number of hydrogen-bond acceptors (Lipinski definition) is 3. The Labute approximate surface area is 388 Å². The SMILES string of the molecule is CC1(C)c2ccccc2-c2cc(-c3cccc(-c4cccc(N(c5ccc(-c6ccc7sc8ccccc8c7c6)cc5)c5ccc(-c6cccc7c6oc6ccccc67)cc5)c4)c3)ccc21. The van der Waals surface area contributed by atoms with Crippen LogP contribution in [0.15, 0.2) is 229 Å². The molecule has 0 aliphatic heterocycles. The maximum Gasteiger partial charge on any atom is 0.143 e. The van der Waals surface area contributed by atoms with Gasteiger partial charge in [-0.15, -0.1) is 11.3 Å². The lowest BCUT2D eigenvalue weighted by Crippen LogP contribution is -2.14. The molecule has 0 unspecified atom stereocenters. The van der Waals surface area contributed by atoms with E-state index in [4.69, 9.17) is 4.42 Å². The van der Waals surface area contributed by atoms with E-state index in [0.717, 1.165) is 55.7 Å². The maximum absolute atomic E-state index is 6.47. The Morgan fingerprint density at radius 1 is 0.348 bits per heavy atom. The molecule has 10 aromatic carbocycles. The summed E-state index contributed by atoms with van der Waals surface area (Å²) in [4.78, 5) is 2.37. The van der Waals surface area contributed by atoms with Gasteiger partial charge in [-0.3, -0.25) is 0 Å². The first kappa shape index (κ1) is 38.5. The molecule has 0 amide bonds. The molecule has 0 fully saturated rings. The summed E-state index contributed by atoms with van der Waals surface area (Å²) in [5.41, 5.74) is 19.9. The third-order valence-electron chi connectivity index (χ3n) is 13.9. The van der Waals surface area contributed by atoms with Gasteiger partial charge in [-0.2, -0.15) is 0 Å². The van der Waals surface area contributed by atoms with Gasteiger partial charge in [0.1, 0.15) is 11.2 Å². The highest BCUT2D eigenvalue weighted by molar-refractivity contribution is 7.25. The monoisotopic (exact) mass is 861 g/mol. The van der Waals surface area contributed by atoms with Crippen molar-refractivity contribution in [1.82, 2.24) is 0 Å². The first-order valence-electron chi connectivity index (χ1n) is 22.7. The number of fused-ring (bicyclic) bond motifs is 9. The Balaban J connectivity index is 0.889. The van der Waals surface area contributed by atoms with Gasteiger partial charge in [-0.25, -0.2) is 0 Å². The standard InChI is InChI=1S/C63H43NOS/c1-63(2)57-21-6-3-16-51(57)55-38-46(28-34-58(55)63)43-13-9-12-42(36-43)44-14-10-15-49(37-44)64(47-30-24-40(25-31-47)45-29-35-61-56(39-45)53-18-5-8-23-60(53)66-61)48-32-26-41(27-33-48)50-19-11-20-54-52-17-4-7-22-59(52)65-62(50)54/h3-39H,1-2H3. The second-order valence-electron chi connectivity index (χ2n) is 18.1. The molecule has 1 aliphatic rings. The summed E-state index contributed by atoms with van der Waals surface area (Å²) in [6.07, 6.45) is 0. The molecule has 0 saturated carbocycles. The summed E-state index contributed by atoms with van der Waals surface area (Å²) in [6.45, 7) is 4.68. The molecule has 2 heterocycles. The van der Waals surface area contributed by atoms with Crippen molar-refractivity contribution in [2.75, 3.05) is 4.90 Å². The van der Waals surface area contributed by atoms with Crippen molar-refractivity contribution in [2.45, 2.75) is 19.3 Å². The third-order valence-corrected chi connectivity index (χ3v) is 15.0. The first-order chi connectivity index (χ1) is 32.4. The van der Waals surface area contributed by atoms with Gasteiger partial charge >= 0.3 is 0 Å². The van der Waals surface area contributed by atoms with Crippen LogP contribution in [0.25, 0.3) is 97.7 Å². The largest absolute Gasteiger partial charge is 0.455 e. The minimum absolute atomic E-state index is 0.0183. The molecule has 12 aromatic rings. The third kappa shape index (κ3) is 6.23. The Morgan fingerprint density at radius 3 is 1.73 bits per heavy atom. The number of benzene rings is 10.